The van der Waals surface area contributed by atoms with E-state index < -0.39 is 12.8 Å². The number of pyridine rings is 1. The number of alkyl halides is 3. The van der Waals surface area contributed by atoms with Gasteiger partial charge < -0.3 is 15.4 Å². The first-order valence-electron chi connectivity index (χ1n) is 8.15. The van der Waals surface area contributed by atoms with E-state index >= 15 is 0 Å². The Morgan fingerprint density at radius 1 is 1.32 bits per heavy atom. The number of nitrogens with one attached hydrogen (secondary N) is 2. The maximum atomic E-state index is 12.1. The van der Waals surface area contributed by atoms with Gasteiger partial charge in [-0.3, -0.25) is 0 Å². The number of aliphatic imine (C=N–C) groups is 1. The molecule has 9 heteroatoms. The van der Waals surface area contributed by atoms with Gasteiger partial charge in [-0.25, -0.2) is 9.98 Å². The molecule has 142 valence electrons. The Labute approximate surface area is 162 Å². The standard InChI is InChI=1S/C16H23F3N4O.HI/c1-2-20-15(23-13-5-3-4-6-13)22-10-12-7-8-14(21-9-12)24-11-16(17,18)19;/h7-9,13H,2-6,10-11H2,1H3,(H2,20,22,23);1H. The Balaban J connectivity index is 0.00000312. The number of halogens is 4. The normalized spacial score (nSPS) is 15.6. The second kappa shape index (κ2) is 10.7. The summed E-state index contributed by atoms with van der Waals surface area (Å²) in [5.41, 5.74) is 0.804. The van der Waals surface area contributed by atoms with Crippen LogP contribution in [0.25, 0.3) is 0 Å². The average molecular weight is 472 g/mol. The molecule has 0 spiro atoms. The topological polar surface area (TPSA) is 58.5 Å². The zero-order chi connectivity index (χ0) is 17.4. The highest BCUT2D eigenvalue weighted by atomic mass is 127. The molecule has 2 N–H and O–H groups in total. The molecule has 0 aromatic carbocycles. The Morgan fingerprint density at radius 2 is 2.04 bits per heavy atom. The van der Waals surface area contributed by atoms with Gasteiger partial charge in [-0.1, -0.05) is 18.9 Å². The van der Waals surface area contributed by atoms with Crippen molar-refractivity contribution in [2.24, 2.45) is 4.99 Å². The van der Waals surface area contributed by atoms with Gasteiger partial charge in [-0.15, -0.1) is 24.0 Å². The highest BCUT2D eigenvalue weighted by Gasteiger charge is 2.28. The predicted molar refractivity (Wildman–Crippen MR) is 101 cm³/mol. The third-order valence-electron chi connectivity index (χ3n) is 3.64. The summed E-state index contributed by atoms with van der Waals surface area (Å²) in [4.78, 5) is 8.37. The maximum absolute atomic E-state index is 12.1. The molecule has 1 heterocycles. The summed E-state index contributed by atoms with van der Waals surface area (Å²) in [5.74, 6) is 0.706. The summed E-state index contributed by atoms with van der Waals surface area (Å²) >= 11 is 0. The van der Waals surface area contributed by atoms with E-state index in [0.717, 1.165) is 30.9 Å². The Morgan fingerprint density at radius 3 is 2.60 bits per heavy atom. The van der Waals surface area contributed by atoms with Gasteiger partial charge in [-0.05, 0) is 25.3 Å². The van der Waals surface area contributed by atoms with Crippen molar-refractivity contribution in [3.8, 4) is 5.88 Å². The lowest BCUT2D eigenvalue weighted by Crippen LogP contribution is -2.42. The van der Waals surface area contributed by atoms with Crippen LogP contribution in [-0.2, 0) is 6.54 Å². The second-order valence-corrected chi connectivity index (χ2v) is 5.73. The number of ether oxygens (including phenoxy) is 1. The van der Waals surface area contributed by atoms with Gasteiger partial charge in [0.2, 0.25) is 5.88 Å². The van der Waals surface area contributed by atoms with Crippen LogP contribution < -0.4 is 15.4 Å². The third-order valence-corrected chi connectivity index (χ3v) is 3.64. The van der Waals surface area contributed by atoms with E-state index in [1.165, 1.54) is 25.1 Å². The van der Waals surface area contributed by atoms with Crippen LogP contribution in [0.5, 0.6) is 5.88 Å². The van der Waals surface area contributed by atoms with Gasteiger partial charge in [0.25, 0.3) is 0 Å². The highest BCUT2D eigenvalue weighted by molar-refractivity contribution is 14.0. The maximum Gasteiger partial charge on any atom is 0.422 e. The van der Waals surface area contributed by atoms with Crippen molar-refractivity contribution in [1.82, 2.24) is 15.6 Å². The van der Waals surface area contributed by atoms with Gasteiger partial charge in [0, 0.05) is 24.8 Å². The Bertz CT molecular complexity index is 531. The summed E-state index contributed by atoms with van der Waals surface area (Å²) in [7, 11) is 0. The van der Waals surface area contributed by atoms with E-state index in [0.29, 0.717) is 12.6 Å². The zero-order valence-corrected chi connectivity index (χ0v) is 16.4. The fraction of sp³-hybridized carbons (Fsp3) is 0.625. The van der Waals surface area contributed by atoms with Crippen molar-refractivity contribution in [2.45, 2.75) is 51.4 Å². The molecule has 0 saturated heterocycles. The van der Waals surface area contributed by atoms with Crippen LogP contribution >= 0.6 is 24.0 Å². The molecule has 0 radical (unpaired) electrons. The summed E-state index contributed by atoms with van der Waals surface area (Å²) < 4.78 is 40.8. The van der Waals surface area contributed by atoms with E-state index in [1.807, 2.05) is 6.92 Å². The van der Waals surface area contributed by atoms with E-state index in [1.54, 1.807) is 6.07 Å². The first kappa shape index (κ1) is 21.8. The molecule has 1 fully saturated rings. The minimum atomic E-state index is -4.36. The lowest BCUT2D eigenvalue weighted by molar-refractivity contribution is -0.154. The van der Waals surface area contributed by atoms with E-state index in [9.17, 15) is 13.2 Å². The molecular weight excluding hydrogens is 448 g/mol. The highest BCUT2D eigenvalue weighted by Crippen LogP contribution is 2.18. The summed E-state index contributed by atoms with van der Waals surface area (Å²) in [6.45, 7) is 1.82. The number of guanidine groups is 1. The molecular formula is C16H24F3IN4O. The summed E-state index contributed by atoms with van der Waals surface area (Å²) in [5, 5.41) is 6.60. The molecule has 25 heavy (non-hydrogen) atoms. The first-order valence-corrected chi connectivity index (χ1v) is 8.15. The van der Waals surface area contributed by atoms with Gasteiger partial charge in [0.1, 0.15) is 0 Å². The van der Waals surface area contributed by atoms with Crippen molar-refractivity contribution in [3.05, 3.63) is 23.9 Å². The zero-order valence-electron chi connectivity index (χ0n) is 14.1. The van der Waals surface area contributed by atoms with Crippen LogP contribution in [0.4, 0.5) is 13.2 Å². The minimum absolute atomic E-state index is 0. The lowest BCUT2D eigenvalue weighted by atomic mass is 10.2. The number of hydrogen-bond donors (Lipinski definition) is 2. The van der Waals surface area contributed by atoms with E-state index in [4.69, 9.17) is 0 Å². The number of rotatable bonds is 6. The van der Waals surface area contributed by atoms with Crippen LogP contribution in [0.1, 0.15) is 38.2 Å². The first-order chi connectivity index (χ1) is 11.5. The van der Waals surface area contributed by atoms with Crippen LogP contribution in [-0.4, -0.2) is 36.3 Å². The van der Waals surface area contributed by atoms with Gasteiger partial charge in [0.15, 0.2) is 12.6 Å². The molecule has 2 rings (SSSR count). The molecule has 0 aliphatic heterocycles. The number of nitrogens with zero attached hydrogens (tertiary/aromatic N) is 2. The fourth-order valence-electron chi connectivity index (χ4n) is 2.50. The summed E-state index contributed by atoms with van der Waals surface area (Å²) in [6.07, 6.45) is 1.89. The molecule has 1 aromatic rings. The van der Waals surface area contributed by atoms with Crippen molar-refractivity contribution < 1.29 is 17.9 Å². The van der Waals surface area contributed by atoms with Crippen LogP contribution in [0.15, 0.2) is 23.3 Å². The van der Waals surface area contributed by atoms with E-state index in [-0.39, 0.29) is 29.9 Å². The average Bonchev–Trinajstić information content (AvgIpc) is 3.04. The smallest absolute Gasteiger partial charge is 0.422 e. The van der Waals surface area contributed by atoms with Crippen LogP contribution in [0.3, 0.4) is 0 Å². The van der Waals surface area contributed by atoms with Crippen LogP contribution in [0.2, 0.25) is 0 Å². The summed E-state index contributed by atoms with van der Waals surface area (Å²) in [6, 6.07) is 3.55. The Hall–Kier alpha value is -1.26. The Kier molecular flexibility index (Phi) is 9.30. The minimum Gasteiger partial charge on any atom is -0.468 e. The van der Waals surface area contributed by atoms with Gasteiger partial charge in [-0.2, -0.15) is 13.2 Å². The predicted octanol–water partition coefficient (Wildman–Crippen LogP) is 3.64. The van der Waals surface area contributed by atoms with Crippen molar-refractivity contribution in [2.75, 3.05) is 13.2 Å². The third kappa shape index (κ3) is 8.59. The quantitative estimate of drug-likeness (QED) is 0.377. The van der Waals surface area contributed by atoms with Crippen molar-refractivity contribution >= 4 is 29.9 Å². The molecule has 0 unspecified atom stereocenters. The fourth-order valence-corrected chi connectivity index (χ4v) is 2.50. The largest absolute Gasteiger partial charge is 0.468 e. The monoisotopic (exact) mass is 472 g/mol. The molecule has 0 bridgehead atoms. The van der Waals surface area contributed by atoms with E-state index in [2.05, 4.69) is 25.3 Å². The molecule has 0 amide bonds. The number of aromatic nitrogens is 1. The van der Waals surface area contributed by atoms with Crippen LogP contribution in [0, 0.1) is 0 Å². The molecule has 1 aromatic heterocycles. The lowest BCUT2D eigenvalue weighted by Gasteiger charge is -2.16. The molecule has 1 aliphatic rings. The van der Waals surface area contributed by atoms with Crippen molar-refractivity contribution in [3.63, 3.8) is 0 Å². The SMILES string of the molecule is CCNC(=NCc1ccc(OCC(F)(F)F)nc1)NC1CCCC1.I. The molecule has 1 aliphatic carbocycles. The van der Waals surface area contributed by atoms with Gasteiger partial charge in [0.05, 0.1) is 6.54 Å². The number of hydrogen-bond acceptors (Lipinski definition) is 3. The van der Waals surface area contributed by atoms with Crippen molar-refractivity contribution in [1.29, 1.82) is 0 Å². The molecule has 0 atom stereocenters. The second-order valence-electron chi connectivity index (χ2n) is 5.73. The molecule has 1 saturated carbocycles. The van der Waals surface area contributed by atoms with Gasteiger partial charge >= 0.3 is 6.18 Å². The molecule has 5 nitrogen and oxygen atoms in total.